The van der Waals surface area contributed by atoms with Gasteiger partial charge in [0.2, 0.25) is 5.91 Å². The van der Waals surface area contributed by atoms with E-state index in [2.05, 4.69) is 10.6 Å². The van der Waals surface area contributed by atoms with E-state index < -0.39 is 30.0 Å². The van der Waals surface area contributed by atoms with Crippen LogP contribution in [0.25, 0.3) is 0 Å². The van der Waals surface area contributed by atoms with Crippen LogP contribution in [-0.2, 0) is 19.0 Å². The van der Waals surface area contributed by atoms with Gasteiger partial charge in [-0.15, -0.1) is 0 Å². The van der Waals surface area contributed by atoms with Crippen molar-refractivity contribution in [2.24, 2.45) is 0 Å². The SMILES string of the molecule is CC(C)(C)OC(=O)N[C@H]1CC[C@@H](OC(=O)OC2CCCCC2)CNC1=O. The minimum Gasteiger partial charge on any atom is -0.444 e. The molecule has 0 aromatic heterocycles. The van der Waals surface area contributed by atoms with Crippen LogP contribution in [0.3, 0.4) is 0 Å². The van der Waals surface area contributed by atoms with E-state index in [1.807, 2.05) is 0 Å². The second-order valence-corrected chi connectivity index (χ2v) is 7.89. The Hall–Kier alpha value is -1.99. The summed E-state index contributed by atoms with van der Waals surface area (Å²) in [5, 5.41) is 5.24. The van der Waals surface area contributed by atoms with Crippen molar-refractivity contribution in [3.63, 3.8) is 0 Å². The molecule has 2 aliphatic rings. The molecule has 0 unspecified atom stereocenters. The van der Waals surface area contributed by atoms with Gasteiger partial charge >= 0.3 is 12.2 Å². The van der Waals surface area contributed by atoms with Crippen molar-refractivity contribution in [2.45, 2.75) is 89.6 Å². The van der Waals surface area contributed by atoms with Crippen molar-refractivity contribution in [1.29, 1.82) is 0 Å². The van der Waals surface area contributed by atoms with Crippen molar-refractivity contribution < 1.29 is 28.6 Å². The number of carbonyl (C=O) groups is 3. The number of hydrogen-bond donors (Lipinski definition) is 2. The van der Waals surface area contributed by atoms with Crippen LogP contribution in [0.5, 0.6) is 0 Å². The predicted molar refractivity (Wildman–Crippen MR) is 93.6 cm³/mol. The van der Waals surface area contributed by atoms with Crippen LogP contribution in [0, 0.1) is 0 Å². The molecule has 1 aliphatic heterocycles. The molecule has 2 amide bonds. The van der Waals surface area contributed by atoms with Crippen molar-refractivity contribution in [1.82, 2.24) is 10.6 Å². The van der Waals surface area contributed by atoms with Gasteiger partial charge in [-0.1, -0.05) is 6.42 Å². The largest absolute Gasteiger partial charge is 0.508 e. The summed E-state index contributed by atoms with van der Waals surface area (Å²) in [6.07, 6.45) is 3.98. The molecule has 1 saturated heterocycles. The van der Waals surface area contributed by atoms with Crippen LogP contribution in [0.4, 0.5) is 9.59 Å². The van der Waals surface area contributed by atoms with Gasteiger partial charge in [0, 0.05) is 0 Å². The van der Waals surface area contributed by atoms with E-state index in [-0.39, 0.29) is 18.6 Å². The van der Waals surface area contributed by atoms with Crippen LogP contribution in [0.1, 0.15) is 65.7 Å². The summed E-state index contributed by atoms with van der Waals surface area (Å²) in [6, 6.07) is -0.715. The van der Waals surface area contributed by atoms with Crippen molar-refractivity contribution >= 4 is 18.2 Å². The Bertz CT molecular complexity index is 510. The fraction of sp³-hybridized carbons (Fsp3) is 0.833. The minimum absolute atomic E-state index is 0.0711. The van der Waals surface area contributed by atoms with Gasteiger partial charge in [0.05, 0.1) is 6.54 Å². The highest BCUT2D eigenvalue weighted by Crippen LogP contribution is 2.21. The quantitative estimate of drug-likeness (QED) is 0.740. The lowest BCUT2D eigenvalue weighted by Crippen LogP contribution is -2.47. The molecule has 0 spiro atoms. The number of carbonyl (C=O) groups excluding carboxylic acids is 3. The summed E-state index contributed by atoms with van der Waals surface area (Å²) in [5.74, 6) is -0.317. The van der Waals surface area contributed by atoms with E-state index in [4.69, 9.17) is 14.2 Å². The van der Waals surface area contributed by atoms with E-state index in [1.54, 1.807) is 20.8 Å². The third-order valence-electron chi connectivity index (χ3n) is 4.37. The Morgan fingerprint density at radius 3 is 2.31 bits per heavy atom. The first-order chi connectivity index (χ1) is 12.2. The average Bonchev–Trinajstić information content (AvgIpc) is 2.70. The zero-order valence-electron chi connectivity index (χ0n) is 15.8. The zero-order chi connectivity index (χ0) is 19.2. The van der Waals surface area contributed by atoms with Crippen LogP contribution in [0.2, 0.25) is 0 Å². The number of rotatable bonds is 3. The molecule has 8 nitrogen and oxygen atoms in total. The second kappa shape index (κ2) is 9.09. The molecule has 148 valence electrons. The van der Waals surface area contributed by atoms with Gasteiger partial charge in [-0.3, -0.25) is 4.79 Å². The van der Waals surface area contributed by atoms with Crippen LogP contribution in [-0.4, -0.2) is 48.6 Å². The van der Waals surface area contributed by atoms with Crippen LogP contribution in [0.15, 0.2) is 0 Å². The number of amides is 2. The normalized spacial score (nSPS) is 24.8. The average molecular weight is 370 g/mol. The van der Waals surface area contributed by atoms with Crippen molar-refractivity contribution in [2.75, 3.05) is 6.54 Å². The highest BCUT2D eigenvalue weighted by molar-refractivity contribution is 5.85. The van der Waals surface area contributed by atoms with E-state index in [0.29, 0.717) is 12.8 Å². The van der Waals surface area contributed by atoms with Gasteiger partial charge in [0.1, 0.15) is 23.9 Å². The van der Waals surface area contributed by atoms with Crippen LogP contribution >= 0.6 is 0 Å². The van der Waals surface area contributed by atoms with E-state index >= 15 is 0 Å². The molecule has 1 saturated carbocycles. The van der Waals surface area contributed by atoms with E-state index in [1.165, 1.54) is 6.42 Å². The molecule has 0 bridgehead atoms. The van der Waals surface area contributed by atoms with Gasteiger partial charge in [-0.2, -0.15) is 0 Å². The molecule has 2 rings (SSSR count). The topological polar surface area (TPSA) is 103 Å². The lowest BCUT2D eigenvalue weighted by atomic mass is 9.98. The van der Waals surface area contributed by atoms with E-state index in [0.717, 1.165) is 25.7 Å². The Balaban J connectivity index is 1.77. The first kappa shape index (κ1) is 20.3. The maximum atomic E-state index is 12.1. The van der Waals surface area contributed by atoms with Gasteiger partial charge in [0.25, 0.3) is 0 Å². The maximum Gasteiger partial charge on any atom is 0.508 e. The number of alkyl carbamates (subject to hydrolysis) is 1. The summed E-state index contributed by atoms with van der Waals surface area (Å²) in [5.41, 5.74) is -0.639. The minimum atomic E-state index is -0.715. The predicted octanol–water partition coefficient (Wildman–Crippen LogP) is 2.64. The monoisotopic (exact) mass is 370 g/mol. The summed E-state index contributed by atoms with van der Waals surface area (Å²) in [6.45, 7) is 5.45. The second-order valence-electron chi connectivity index (χ2n) is 7.89. The molecule has 1 heterocycles. The Labute approximate surface area is 154 Å². The molecule has 2 fully saturated rings. The van der Waals surface area contributed by atoms with Crippen molar-refractivity contribution in [3.8, 4) is 0 Å². The van der Waals surface area contributed by atoms with Crippen molar-refractivity contribution in [3.05, 3.63) is 0 Å². The third-order valence-corrected chi connectivity index (χ3v) is 4.37. The summed E-state index contributed by atoms with van der Waals surface area (Å²) >= 11 is 0. The lowest BCUT2D eigenvalue weighted by molar-refractivity contribution is -0.123. The molecule has 26 heavy (non-hydrogen) atoms. The Kier molecular flexibility index (Phi) is 7.11. The number of ether oxygens (including phenoxy) is 3. The molecule has 1 aliphatic carbocycles. The number of nitrogens with one attached hydrogen (secondary N) is 2. The fourth-order valence-corrected chi connectivity index (χ4v) is 3.09. The first-order valence-electron chi connectivity index (χ1n) is 9.37. The van der Waals surface area contributed by atoms with Gasteiger partial charge in [-0.05, 0) is 59.3 Å². The molecule has 0 aromatic carbocycles. The molecular weight excluding hydrogens is 340 g/mol. The van der Waals surface area contributed by atoms with Gasteiger partial charge < -0.3 is 24.8 Å². The molecule has 2 atom stereocenters. The molecule has 0 radical (unpaired) electrons. The molecular formula is C18H30N2O6. The standard InChI is InChI=1S/C18H30N2O6/c1-18(2,3)26-16(22)20-14-10-9-13(11-19-15(14)21)25-17(23)24-12-7-5-4-6-8-12/h12-14H,4-11H2,1-3H3,(H,19,21)(H,20,22)/t13-,14+/m1/s1. The lowest BCUT2D eigenvalue weighted by Gasteiger charge is -2.23. The molecule has 2 N–H and O–H groups in total. The summed E-state index contributed by atoms with van der Waals surface area (Å²) in [4.78, 5) is 35.9. The number of hydrogen-bond acceptors (Lipinski definition) is 6. The van der Waals surface area contributed by atoms with E-state index in [9.17, 15) is 14.4 Å². The smallest absolute Gasteiger partial charge is 0.444 e. The Morgan fingerprint density at radius 2 is 1.65 bits per heavy atom. The third kappa shape index (κ3) is 7.09. The highest BCUT2D eigenvalue weighted by atomic mass is 16.7. The fourth-order valence-electron chi connectivity index (χ4n) is 3.09. The summed E-state index contributed by atoms with van der Waals surface area (Å²) < 4.78 is 15.9. The molecule has 0 aromatic rings. The maximum absolute atomic E-state index is 12.1. The Morgan fingerprint density at radius 1 is 1.00 bits per heavy atom. The van der Waals surface area contributed by atoms with Crippen LogP contribution < -0.4 is 10.6 Å². The molecule has 8 heteroatoms. The summed E-state index contributed by atoms with van der Waals surface area (Å²) in [7, 11) is 0. The first-order valence-corrected chi connectivity index (χ1v) is 9.37. The van der Waals surface area contributed by atoms with Gasteiger partial charge in [-0.25, -0.2) is 9.59 Å². The highest BCUT2D eigenvalue weighted by Gasteiger charge is 2.30. The van der Waals surface area contributed by atoms with Gasteiger partial charge in [0.15, 0.2) is 0 Å². The zero-order valence-corrected chi connectivity index (χ0v) is 15.8.